The molecule has 0 amide bonds. The molecule has 20 heavy (non-hydrogen) atoms. The first-order valence-electron chi connectivity index (χ1n) is 5.06. The maximum atomic E-state index is 12.0. The highest BCUT2D eigenvalue weighted by atomic mass is 32.2. The number of carboxylic acids is 1. The molecule has 9 nitrogen and oxygen atoms in total. The first-order valence-corrected chi connectivity index (χ1v) is 8.35. The molecule has 0 atom stereocenters. The molecule has 0 aliphatic heterocycles. The molecular formula is C8H9N5O4S3. The monoisotopic (exact) mass is 335 g/mol. The van der Waals surface area contributed by atoms with E-state index in [4.69, 9.17) is 5.11 Å². The third-order valence-electron chi connectivity index (χ3n) is 1.94. The van der Waals surface area contributed by atoms with Crippen LogP contribution in [0.2, 0.25) is 0 Å². The van der Waals surface area contributed by atoms with Gasteiger partial charge in [-0.2, -0.15) is 5.10 Å². The lowest BCUT2D eigenvalue weighted by Crippen LogP contribution is -2.12. The maximum absolute atomic E-state index is 12.0. The molecule has 0 fully saturated rings. The third kappa shape index (κ3) is 3.68. The topological polar surface area (TPSA) is 127 Å². The van der Waals surface area contributed by atoms with Crippen LogP contribution in [0, 0.1) is 0 Å². The normalized spacial score (nSPS) is 11.4. The van der Waals surface area contributed by atoms with Crippen molar-refractivity contribution in [2.75, 3.05) is 10.5 Å². The second-order valence-corrected chi connectivity index (χ2v) is 7.39. The highest BCUT2D eigenvalue weighted by Gasteiger charge is 2.18. The van der Waals surface area contributed by atoms with Crippen molar-refractivity contribution in [2.24, 2.45) is 7.05 Å². The highest BCUT2D eigenvalue weighted by molar-refractivity contribution is 8.01. The number of carbonyl (C=O) groups is 1. The number of thioether (sulfide) groups is 1. The minimum absolute atomic E-state index is 0.00920. The van der Waals surface area contributed by atoms with Gasteiger partial charge < -0.3 is 5.11 Å². The predicted molar refractivity (Wildman–Crippen MR) is 72.3 cm³/mol. The number of aryl methyl sites for hydroxylation is 1. The Morgan fingerprint density at radius 3 is 2.90 bits per heavy atom. The van der Waals surface area contributed by atoms with Crippen LogP contribution in [-0.2, 0) is 21.9 Å². The molecule has 0 unspecified atom stereocenters. The van der Waals surface area contributed by atoms with E-state index in [1.54, 1.807) is 7.05 Å². The third-order valence-corrected chi connectivity index (χ3v) is 5.32. The number of nitrogens with one attached hydrogen (secondary N) is 1. The zero-order chi connectivity index (χ0) is 14.8. The quantitative estimate of drug-likeness (QED) is 0.719. The molecule has 2 heterocycles. The van der Waals surface area contributed by atoms with E-state index in [1.165, 1.54) is 17.1 Å². The molecule has 0 bridgehead atoms. The second kappa shape index (κ2) is 5.76. The number of sulfonamides is 1. The Kier molecular flexibility index (Phi) is 4.25. The summed E-state index contributed by atoms with van der Waals surface area (Å²) >= 11 is 1.93. The van der Waals surface area contributed by atoms with E-state index in [2.05, 4.69) is 20.0 Å². The van der Waals surface area contributed by atoms with Crippen molar-refractivity contribution in [2.45, 2.75) is 9.24 Å². The highest BCUT2D eigenvalue weighted by Crippen LogP contribution is 2.26. The fourth-order valence-electron chi connectivity index (χ4n) is 1.14. The summed E-state index contributed by atoms with van der Waals surface area (Å²) in [5.74, 6) is -1.15. The molecule has 0 spiro atoms. The van der Waals surface area contributed by atoms with Crippen molar-refractivity contribution >= 4 is 44.2 Å². The summed E-state index contributed by atoms with van der Waals surface area (Å²) in [6.45, 7) is 0. The molecule has 0 aromatic carbocycles. The van der Waals surface area contributed by atoms with Gasteiger partial charge in [-0.15, -0.1) is 10.2 Å². The van der Waals surface area contributed by atoms with Gasteiger partial charge in [-0.1, -0.05) is 23.1 Å². The molecule has 12 heteroatoms. The molecule has 0 radical (unpaired) electrons. The van der Waals surface area contributed by atoms with E-state index in [0.717, 1.165) is 23.1 Å². The van der Waals surface area contributed by atoms with E-state index in [1.807, 2.05) is 0 Å². The number of hydrogen-bond donors (Lipinski definition) is 2. The molecule has 0 saturated carbocycles. The first-order chi connectivity index (χ1) is 9.37. The van der Waals surface area contributed by atoms with Gasteiger partial charge in [0.15, 0.2) is 4.34 Å². The lowest BCUT2D eigenvalue weighted by atomic mass is 10.7. The lowest BCUT2D eigenvalue weighted by Gasteiger charge is -2.00. The first kappa shape index (κ1) is 14.7. The molecule has 0 aliphatic carbocycles. The van der Waals surface area contributed by atoms with Crippen LogP contribution in [0.3, 0.4) is 0 Å². The Labute approximate surface area is 122 Å². The van der Waals surface area contributed by atoms with Gasteiger partial charge in [0.25, 0.3) is 10.0 Å². The van der Waals surface area contributed by atoms with E-state index >= 15 is 0 Å². The SMILES string of the molecule is Cn1cc(S(=O)(=O)Nc2nnc(SCC(=O)O)s2)cn1. The van der Waals surface area contributed by atoms with Gasteiger partial charge in [-0.05, 0) is 0 Å². The van der Waals surface area contributed by atoms with Crippen molar-refractivity contribution in [3.63, 3.8) is 0 Å². The van der Waals surface area contributed by atoms with Gasteiger partial charge in [0.2, 0.25) is 5.13 Å². The summed E-state index contributed by atoms with van der Waals surface area (Å²) in [6, 6.07) is 0. The minimum atomic E-state index is -3.76. The maximum Gasteiger partial charge on any atom is 0.313 e. The zero-order valence-corrected chi connectivity index (χ0v) is 12.5. The Bertz CT molecular complexity index is 722. The van der Waals surface area contributed by atoms with Crippen molar-refractivity contribution in [3.05, 3.63) is 12.4 Å². The Hall–Kier alpha value is -1.66. The van der Waals surface area contributed by atoms with E-state index < -0.39 is 16.0 Å². The van der Waals surface area contributed by atoms with Gasteiger partial charge in [0, 0.05) is 13.2 Å². The van der Waals surface area contributed by atoms with E-state index in [-0.39, 0.29) is 15.8 Å². The molecule has 0 aliphatic rings. The fourth-order valence-corrected chi connectivity index (χ4v) is 3.83. The van der Waals surface area contributed by atoms with Crippen LogP contribution < -0.4 is 4.72 Å². The summed E-state index contributed by atoms with van der Waals surface area (Å²) in [6.07, 6.45) is 2.56. The van der Waals surface area contributed by atoms with Crippen molar-refractivity contribution in [1.82, 2.24) is 20.0 Å². The van der Waals surface area contributed by atoms with Crippen LogP contribution in [0.25, 0.3) is 0 Å². The number of hydrogen-bond acceptors (Lipinski definition) is 8. The van der Waals surface area contributed by atoms with Gasteiger partial charge in [-0.25, -0.2) is 8.42 Å². The standard InChI is InChI=1S/C8H9N5O4S3/c1-13-3-5(2-9-13)20(16,17)12-7-10-11-8(19-7)18-4-6(14)15/h2-3H,4H2,1H3,(H,10,12)(H,14,15). The lowest BCUT2D eigenvalue weighted by molar-refractivity contribution is -0.133. The van der Waals surface area contributed by atoms with Gasteiger partial charge >= 0.3 is 5.97 Å². The largest absolute Gasteiger partial charge is 0.481 e. The average molecular weight is 335 g/mol. The number of aromatic nitrogens is 4. The van der Waals surface area contributed by atoms with Crippen LogP contribution >= 0.6 is 23.1 Å². The zero-order valence-electron chi connectivity index (χ0n) is 10.0. The molecular weight excluding hydrogens is 326 g/mol. The van der Waals surface area contributed by atoms with Crippen molar-refractivity contribution in [1.29, 1.82) is 0 Å². The van der Waals surface area contributed by atoms with Crippen molar-refractivity contribution < 1.29 is 18.3 Å². The molecule has 2 N–H and O–H groups in total. The van der Waals surface area contributed by atoms with Crippen LogP contribution in [0.1, 0.15) is 0 Å². The van der Waals surface area contributed by atoms with E-state index in [0.29, 0.717) is 4.34 Å². The minimum Gasteiger partial charge on any atom is -0.481 e. The molecule has 2 aromatic heterocycles. The van der Waals surface area contributed by atoms with Crippen LogP contribution in [0.15, 0.2) is 21.6 Å². The fraction of sp³-hybridized carbons (Fsp3) is 0.250. The summed E-state index contributed by atoms with van der Waals surface area (Å²) in [7, 11) is -2.16. The molecule has 2 rings (SSSR count). The Balaban J connectivity index is 2.08. The Morgan fingerprint density at radius 1 is 1.55 bits per heavy atom. The summed E-state index contributed by atoms with van der Waals surface area (Å²) in [5.41, 5.74) is 0. The molecule has 2 aromatic rings. The van der Waals surface area contributed by atoms with Gasteiger partial charge in [0.1, 0.15) is 4.90 Å². The average Bonchev–Trinajstić information content (AvgIpc) is 2.95. The Morgan fingerprint density at radius 2 is 2.30 bits per heavy atom. The number of carboxylic acid groups (broad SMARTS) is 1. The molecule has 108 valence electrons. The van der Waals surface area contributed by atoms with Crippen LogP contribution in [0.5, 0.6) is 0 Å². The summed E-state index contributed by atoms with van der Waals surface area (Å²) in [5, 5.41) is 19.7. The van der Waals surface area contributed by atoms with Crippen molar-refractivity contribution in [3.8, 4) is 0 Å². The second-order valence-electron chi connectivity index (χ2n) is 3.51. The number of rotatable bonds is 6. The van der Waals surface area contributed by atoms with Crippen LogP contribution in [-0.4, -0.2) is 45.2 Å². The summed E-state index contributed by atoms with van der Waals surface area (Å²) < 4.78 is 27.9. The number of anilines is 1. The van der Waals surface area contributed by atoms with Gasteiger partial charge in [0.05, 0.1) is 11.9 Å². The van der Waals surface area contributed by atoms with Crippen LogP contribution in [0.4, 0.5) is 5.13 Å². The predicted octanol–water partition coefficient (Wildman–Crippen LogP) is 0.249. The molecule has 0 saturated heterocycles. The van der Waals surface area contributed by atoms with Gasteiger partial charge in [-0.3, -0.25) is 14.2 Å². The summed E-state index contributed by atoms with van der Waals surface area (Å²) in [4.78, 5) is 10.4. The number of aliphatic carboxylic acids is 1. The smallest absolute Gasteiger partial charge is 0.313 e. The van der Waals surface area contributed by atoms with E-state index in [9.17, 15) is 13.2 Å². The number of nitrogens with zero attached hydrogens (tertiary/aromatic N) is 4.